The number of hydrogen-bond acceptors (Lipinski definition) is 3. The van der Waals surface area contributed by atoms with Crippen LogP contribution in [0, 0.1) is 11.8 Å². The Labute approximate surface area is 153 Å². The van der Waals surface area contributed by atoms with Gasteiger partial charge in [-0.2, -0.15) is 0 Å². The van der Waals surface area contributed by atoms with Crippen LogP contribution in [0.15, 0.2) is 24.5 Å². The minimum absolute atomic E-state index is 0.0448. The SMILES string of the molecule is O=C(CC1CCC1)NCC1CCC(NC(=O)c2ccnc3[nH]ccc23)C1. The Balaban J connectivity index is 1.25. The van der Waals surface area contributed by atoms with Crippen molar-refractivity contribution in [2.24, 2.45) is 11.8 Å². The third-order valence-electron chi connectivity index (χ3n) is 5.87. The molecular formula is C20H26N4O2. The van der Waals surface area contributed by atoms with Crippen LogP contribution in [0.1, 0.15) is 55.3 Å². The molecule has 0 bridgehead atoms. The van der Waals surface area contributed by atoms with Crippen molar-refractivity contribution in [2.45, 2.75) is 51.0 Å². The summed E-state index contributed by atoms with van der Waals surface area (Å²) < 4.78 is 0. The maximum atomic E-state index is 12.6. The van der Waals surface area contributed by atoms with Crippen LogP contribution in [0.2, 0.25) is 0 Å². The van der Waals surface area contributed by atoms with Crippen LogP contribution < -0.4 is 10.6 Å². The van der Waals surface area contributed by atoms with E-state index in [2.05, 4.69) is 20.6 Å². The molecule has 6 heteroatoms. The van der Waals surface area contributed by atoms with E-state index >= 15 is 0 Å². The number of hydrogen-bond donors (Lipinski definition) is 3. The summed E-state index contributed by atoms with van der Waals surface area (Å²) in [5.74, 6) is 1.21. The van der Waals surface area contributed by atoms with Crippen molar-refractivity contribution in [3.05, 3.63) is 30.1 Å². The summed E-state index contributed by atoms with van der Waals surface area (Å²) >= 11 is 0. The van der Waals surface area contributed by atoms with Gasteiger partial charge in [0.05, 0.1) is 5.56 Å². The monoisotopic (exact) mass is 354 g/mol. The number of aromatic amines is 1. The molecule has 2 fully saturated rings. The minimum Gasteiger partial charge on any atom is -0.356 e. The maximum Gasteiger partial charge on any atom is 0.252 e. The first kappa shape index (κ1) is 17.1. The average molecular weight is 354 g/mol. The lowest BCUT2D eigenvalue weighted by Crippen LogP contribution is -2.34. The van der Waals surface area contributed by atoms with Crippen LogP contribution in [0.5, 0.6) is 0 Å². The first-order valence-electron chi connectivity index (χ1n) is 9.68. The molecule has 138 valence electrons. The second kappa shape index (κ2) is 7.48. The summed E-state index contributed by atoms with van der Waals surface area (Å²) in [7, 11) is 0. The molecule has 2 aromatic heterocycles. The summed E-state index contributed by atoms with van der Waals surface area (Å²) in [6.07, 6.45) is 10.8. The van der Waals surface area contributed by atoms with Crippen LogP contribution in [0.4, 0.5) is 0 Å². The van der Waals surface area contributed by atoms with Crippen LogP contribution in [0.3, 0.4) is 0 Å². The van der Waals surface area contributed by atoms with Gasteiger partial charge in [-0.05, 0) is 56.1 Å². The molecule has 4 rings (SSSR count). The summed E-state index contributed by atoms with van der Waals surface area (Å²) in [6.45, 7) is 0.731. The molecule has 2 aromatic rings. The standard InChI is InChI=1S/C20H26N4O2/c25-18(11-13-2-1-3-13)23-12-14-4-5-15(10-14)24-20(26)17-7-9-22-19-16(17)6-8-21-19/h6-9,13-15H,1-5,10-12H2,(H,21,22)(H,23,25)(H,24,26). The Morgan fingerprint density at radius 2 is 2.04 bits per heavy atom. The summed E-state index contributed by atoms with van der Waals surface area (Å²) in [5.41, 5.74) is 1.39. The number of nitrogens with one attached hydrogen (secondary N) is 3. The highest BCUT2D eigenvalue weighted by molar-refractivity contribution is 6.05. The number of carbonyl (C=O) groups is 2. The predicted molar refractivity (Wildman–Crippen MR) is 99.7 cm³/mol. The molecule has 0 aromatic carbocycles. The molecule has 0 radical (unpaired) electrons. The molecule has 0 saturated heterocycles. The van der Waals surface area contributed by atoms with Crippen molar-refractivity contribution in [3.8, 4) is 0 Å². The molecule has 2 atom stereocenters. The largest absolute Gasteiger partial charge is 0.356 e. The van der Waals surface area contributed by atoms with Crippen LogP contribution >= 0.6 is 0 Å². The maximum absolute atomic E-state index is 12.6. The Morgan fingerprint density at radius 1 is 1.15 bits per heavy atom. The highest BCUT2D eigenvalue weighted by atomic mass is 16.2. The van der Waals surface area contributed by atoms with E-state index in [1.54, 1.807) is 18.5 Å². The summed E-state index contributed by atoms with van der Waals surface area (Å²) in [5, 5.41) is 7.09. The zero-order chi connectivity index (χ0) is 17.9. The van der Waals surface area contributed by atoms with Gasteiger partial charge >= 0.3 is 0 Å². The van der Waals surface area contributed by atoms with E-state index in [1.165, 1.54) is 19.3 Å². The number of rotatable bonds is 6. The second-order valence-corrected chi connectivity index (χ2v) is 7.75. The smallest absolute Gasteiger partial charge is 0.252 e. The molecule has 2 aliphatic carbocycles. The molecule has 6 nitrogen and oxygen atoms in total. The molecule has 3 N–H and O–H groups in total. The quantitative estimate of drug-likeness (QED) is 0.745. The number of amides is 2. The van der Waals surface area contributed by atoms with Gasteiger partial charge in [-0.25, -0.2) is 4.98 Å². The van der Waals surface area contributed by atoms with Gasteiger partial charge in [0.2, 0.25) is 5.91 Å². The van der Waals surface area contributed by atoms with Gasteiger partial charge < -0.3 is 15.6 Å². The highest BCUT2D eigenvalue weighted by Gasteiger charge is 2.27. The van der Waals surface area contributed by atoms with Crippen LogP contribution in [-0.2, 0) is 4.79 Å². The van der Waals surface area contributed by atoms with Gasteiger partial charge in [0.15, 0.2) is 0 Å². The normalized spacial score (nSPS) is 22.9. The van der Waals surface area contributed by atoms with E-state index in [0.717, 1.165) is 36.8 Å². The molecular weight excluding hydrogens is 328 g/mol. The number of aromatic nitrogens is 2. The third kappa shape index (κ3) is 3.74. The van der Waals surface area contributed by atoms with Crippen LogP contribution in [-0.4, -0.2) is 34.4 Å². The van der Waals surface area contributed by atoms with Crippen molar-refractivity contribution in [1.29, 1.82) is 0 Å². The van der Waals surface area contributed by atoms with E-state index < -0.39 is 0 Å². The van der Waals surface area contributed by atoms with Crippen molar-refractivity contribution in [1.82, 2.24) is 20.6 Å². The molecule has 2 saturated carbocycles. The summed E-state index contributed by atoms with van der Waals surface area (Å²) in [4.78, 5) is 31.8. The van der Waals surface area contributed by atoms with E-state index in [1.807, 2.05) is 6.07 Å². The van der Waals surface area contributed by atoms with Crippen molar-refractivity contribution < 1.29 is 9.59 Å². The number of carbonyl (C=O) groups excluding carboxylic acids is 2. The Morgan fingerprint density at radius 3 is 2.85 bits per heavy atom. The molecule has 26 heavy (non-hydrogen) atoms. The lowest BCUT2D eigenvalue weighted by atomic mass is 9.83. The number of pyridine rings is 1. The molecule has 2 aliphatic rings. The molecule has 2 heterocycles. The number of fused-ring (bicyclic) bond motifs is 1. The Hall–Kier alpha value is -2.37. The zero-order valence-electron chi connectivity index (χ0n) is 15.0. The second-order valence-electron chi connectivity index (χ2n) is 7.75. The van der Waals surface area contributed by atoms with Gasteiger partial charge in [0, 0.05) is 36.8 Å². The lowest BCUT2D eigenvalue weighted by Gasteiger charge is -2.24. The first-order chi connectivity index (χ1) is 12.7. The van der Waals surface area contributed by atoms with Gasteiger partial charge in [-0.15, -0.1) is 0 Å². The van der Waals surface area contributed by atoms with Crippen molar-refractivity contribution >= 4 is 22.8 Å². The fourth-order valence-corrected chi connectivity index (χ4v) is 4.10. The van der Waals surface area contributed by atoms with E-state index in [9.17, 15) is 9.59 Å². The van der Waals surface area contributed by atoms with E-state index in [0.29, 0.717) is 23.8 Å². The minimum atomic E-state index is -0.0448. The molecule has 0 spiro atoms. The Kier molecular flexibility index (Phi) is 4.91. The van der Waals surface area contributed by atoms with Gasteiger partial charge in [-0.1, -0.05) is 6.42 Å². The number of H-pyrrole nitrogens is 1. The lowest BCUT2D eigenvalue weighted by molar-refractivity contribution is -0.122. The van der Waals surface area contributed by atoms with Crippen LogP contribution in [0.25, 0.3) is 11.0 Å². The highest BCUT2D eigenvalue weighted by Crippen LogP contribution is 2.29. The predicted octanol–water partition coefficient (Wildman–Crippen LogP) is 2.77. The molecule has 2 amide bonds. The van der Waals surface area contributed by atoms with Crippen molar-refractivity contribution in [2.75, 3.05) is 6.54 Å². The fourth-order valence-electron chi connectivity index (χ4n) is 4.10. The summed E-state index contributed by atoms with van der Waals surface area (Å²) in [6, 6.07) is 3.82. The van der Waals surface area contributed by atoms with Gasteiger partial charge in [-0.3, -0.25) is 9.59 Å². The van der Waals surface area contributed by atoms with E-state index in [-0.39, 0.29) is 17.9 Å². The topological polar surface area (TPSA) is 86.9 Å². The number of nitrogens with zero attached hydrogens (tertiary/aromatic N) is 1. The van der Waals surface area contributed by atoms with E-state index in [4.69, 9.17) is 0 Å². The third-order valence-corrected chi connectivity index (χ3v) is 5.87. The van der Waals surface area contributed by atoms with Gasteiger partial charge in [0.25, 0.3) is 5.91 Å². The van der Waals surface area contributed by atoms with Gasteiger partial charge in [0.1, 0.15) is 5.65 Å². The fraction of sp³-hybridized carbons (Fsp3) is 0.550. The first-order valence-corrected chi connectivity index (χ1v) is 9.68. The average Bonchev–Trinajstić information content (AvgIpc) is 3.25. The molecule has 2 unspecified atom stereocenters. The Bertz CT molecular complexity index is 796. The van der Waals surface area contributed by atoms with Crippen molar-refractivity contribution in [3.63, 3.8) is 0 Å². The molecule has 0 aliphatic heterocycles. The zero-order valence-corrected chi connectivity index (χ0v) is 15.0.